The van der Waals surface area contributed by atoms with Crippen molar-refractivity contribution in [1.29, 1.82) is 0 Å². The Morgan fingerprint density at radius 3 is 2.63 bits per heavy atom. The van der Waals surface area contributed by atoms with Crippen molar-refractivity contribution in [2.24, 2.45) is 0 Å². The van der Waals surface area contributed by atoms with Gasteiger partial charge in [-0.05, 0) is 46.5 Å². The second-order valence-corrected chi connectivity index (χ2v) is 7.52. The van der Waals surface area contributed by atoms with Gasteiger partial charge < -0.3 is 9.73 Å². The molecular formula is C19H18BrN3O3S. The van der Waals surface area contributed by atoms with Gasteiger partial charge in [0.25, 0.3) is 5.91 Å². The monoisotopic (exact) mass is 447 g/mol. The van der Waals surface area contributed by atoms with Gasteiger partial charge in [0.1, 0.15) is 0 Å². The van der Waals surface area contributed by atoms with Crippen molar-refractivity contribution < 1.29 is 14.0 Å². The molecule has 3 rings (SSSR count). The highest BCUT2D eigenvalue weighted by Crippen LogP contribution is 2.26. The summed E-state index contributed by atoms with van der Waals surface area (Å²) in [6, 6.07) is 11.4. The standard InChI is InChI=1S/C19H18BrN3O3S/c1-12(24)21-10-2-3-13-4-6-14(7-5-13)15-11-27-19(22-15)23-18(25)16-8-9-17(20)26-16/h4-9,11H,2-3,10H2,1H3,(H,21,24)(H,22,23,25). The molecule has 0 atom stereocenters. The minimum absolute atomic E-state index is 0.00328. The SMILES string of the molecule is CC(=O)NCCCc1ccc(-c2csc(NC(=O)c3ccc(Br)o3)n2)cc1. The molecule has 0 aliphatic carbocycles. The van der Waals surface area contributed by atoms with Crippen molar-refractivity contribution in [3.63, 3.8) is 0 Å². The van der Waals surface area contributed by atoms with Crippen molar-refractivity contribution in [2.75, 3.05) is 11.9 Å². The quantitative estimate of drug-likeness (QED) is 0.522. The average molecular weight is 448 g/mol. The third-order valence-corrected chi connectivity index (χ3v) is 4.97. The van der Waals surface area contributed by atoms with E-state index in [1.165, 1.54) is 23.8 Å². The highest BCUT2D eigenvalue weighted by molar-refractivity contribution is 9.10. The fourth-order valence-electron chi connectivity index (χ4n) is 2.46. The van der Waals surface area contributed by atoms with E-state index in [1.807, 2.05) is 17.5 Å². The van der Waals surface area contributed by atoms with E-state index < -0.39 is 0 Å². The van der Waals surface area contributed by atoms with E-state index in [-0.39, 0.29) is 17.6 Å². The lowest BCUT2D eigenvalue weighted by Gasteiger charge is -2.04. The fourth-order valence-corrected chi connectivity index (χ4v) is 3.48. The predicted octanol–water partition coefficient (Wildman–Crippen LogP) is 4.49. The van der Waals surface area contributed by atoms with Crippen molar-refractivity contribution in [2.45, 2.75) is 19.8 Å². The molecule has 6 nitrogen and oxygen atoms in total. The summed E-state index contributed by atoms with van der Waals surface area (Å²) in [5.74, 6) is -0.116. The van der Waals surface area contributed by atoms with Gasteiger partial charge in [0.05, 0.1) is 5.69 Å². The molecule has 0 bridgehead atoms. The van der Waals surface area contributed by atoms with E-state index in [9.17, 15) is 9.59 Å². The van der Waals surface area contributed by atoms with E-state index in [0.717, 1.165) is 24.1 Å². The number of aryl methyl sites for hydroxylation is 1. The van der Waals surface area contributed by atoms with E-state index in [2.05, 4.69) is 43.7 Å². The van der Waals surface area contributed by atoms with Gasteiger partial charge in [-0.1, -0.05) is 24.3 Å². The zero-order valence-corrected chi connectivity index (χ0v) is 17.0. The van der Waals surface area contributed by atoms with Crippen LogP contribution in [0.5, 0.6) is 0 Å². The Bertz CT molecular complexity index is 934. The Kier molecular flexibility index (Phi) is 6.41. The Labute approximate surface area is 169 Å². The van der Waals surface area contributed by atoms with Crippen molar-refractivity contribution >= 4 is 44.2 Å². The Balaban J connectivity index is 1.57. The van der Waals surface area contributed by atoms with Crippen LogP contribution in [0.1, 0.15) is 29.5 Å². The van der Waals surface area contributed by atoms with Crippen LogP contribution in [0.15, 0.2) is 50.9 Å². The first kappa shape index (κ1) is 19.3. The topological polar surface area (TPSA) is 84.2 Å². The third-order valence-electron chi connectivity index (χ3n) is 3.79. The lowest BCUT2D eigenvalue weighted by Crippen LogP contribution is -2.21. The molecule has 8 heteroatoms. The van der Waals surface area contributed by atoms with Gasteiger partial charge in [-0.2, -0.15) is 0 Å². The summed E-state index contributed by atoms with van der Waals surface area (Å²) in [5.41, 5.74) is 3.00. The van der Waals surface area contributed by atoms with Crippen LogP contribution in [0.25, 0.3) is 11.3 Å². The molecule has 27 heavy (non-hydrogen) atoms. The first-order valence-corrected chi connectivity index (χ1v) is 10.0. The molecular weight excluding hydrogens is 430 g/mol. The van der Waals surface area contributed by atoms with Gasteiger partial charge in [-0.15, -0.1) is 11.3 Å². The molecule has 0 radical (unpaired) electrons. The number of benzene rings is 1. The summed E-state index contributed by atoms with van der Waals surface area (Å²) in [7, 11) is 0. The molecule has 1 aromatic carbocycles. The molecule has 0 fully saturated rings. The smallest absolute Gasteiger partial charge is 0.293 e. The van der Waals surface area contributed by atoms with Crippen LogP contribution in [0.3, 0.4) is 0 Å². The zero-order chi connectivity index (χ0) is 19.2. The highest BCUT2D eigenvalue weighted by Gasteiger charge is 2.13. The summed E-state index contributed by atoms with van der Waals surface area (Å²) in [6.45, 7) is 2.20. The van der Waals surface area contributed by atoms with E-state index >= 15 is 0 Å². The van der Waals surface area contributed by atoms with Crippen LogP contribution in [0.4, 0.5) is 5.13 Å². The van der Waals surface area contributed by atoms with E-state index in [1.54, 1.807) is 12.1 Å². The largest absolute Gasteiger partial charge is 0.444 e. The first-order valence-electron chi connectivity index (χ1n) is 8.37. The number of aromatic nitrogens is 1. The zero-order valence-electron chi connectivity index (χ0n) is 14.6. The van der Waals surface area contributed by atoms with Crippen LogP contribution in [0.2, 0.25) is 0 Å². The predicted molar refractivity (Wildman–Crippen MR) is 109 cm³/mol. The minimum Gasteiger partial charge on any atom is -0.444 e. The van der Waals surface area contributed by atoms with Crippen LogP contribution in [-0.2, 0) is 11.2 Å². The average Bonchev–Trinajstić information content (AvgIpc) is 3.28. The number of furan rings is 1. The van der Waals surface area contributed by atoms with E-state index in [4.69, 9.17) is 4.42 Å². The minimum atomic E-state index is -0.337. The molecule has 2 aromatic heterocycles. The van der Waals surface area contributed by atoms with Gasteiger partial charge in [0, 0.05) is 24.4 Å². The number of carbonyl (C=O) groups is 2. The number of halogens is 1. The molecule has 0 unspecified atom stereocenters. The molecule has 2 amide bonds. The Morgan fingerprint density at radius 1 is 1.19 bits per heavy atom. The third kappa shape index (κ3) is 5.51. The number of nitrogens with one attached hydrogen (secondary N) is 2. The maximum absolute atomic E-state index is 12.1. The molecule has 0 aliphatic heterocycles. The molecule has 0 aliphatic rings. The number of anilines is 1. The summed E-state index contributed by atoms with van der Waals surface area (Å²) in [6.07, 6.45) is 1.80. The molecule has 2 N–H and O–H groups in total. The number of thiazole rings is 1. The molecule has 0 saturated carbocycles. The number of nitrogens with zero attached hydrogens (tertiary/aromatic N) is 1. The lowest BCUT2D eigenvalue weighted by molar-refractivity contribution is -0.118. The van der Waals surface area contributed by atoms with Crippen LogP contribution >= 0.6 is 27.3 Å². The maximum Gasteiger partial charge on any atom is 0.293 e. The Hall–Kier alpha value is -2.45. The summed E-state index contributed by atoms with van der Waals surface area (Å²) < 4.78 is 5.74. The molecule has 2 heterocycles. The van der Waals surface area contributed by atoms with E-state index in [0.29, 0.717) is 16.3 Å². The van der Waals surface area contributed by atoms with Crippen molar-refractivity contribution in [3.05, 3.63) is 57.8 Å². The van der Waals surface area contributed by atoms with Gasteiger partial charge in [-0.3, -0.25) is 14.9 Å². The van der Waals surface area contributed by atoms with Gasteiger partial charge >= 0.3 is 0 Å². The number of hydrogen-bond donors (Lipinski definition) is 2. The summed E-state index contributed by atoms with van der Waals surface area (Å²) in [4.78, 5) is 27.4. The number of rotatable bonds is 7. The van der Waals surface area contributed by atoms with Crippen LogP contribution in [0, 0.1) is 0 Å². The summed E-state index contributed by atoms with van der Waals surface area (Å²) in [5, 5.41) is 7.95. The number of amides is 2. The lowest BCUT2D eigenvalue weighted by atomic mass is 10.1. The fraction of sp³-hybridized carbons (Fsp3) is 0.211. The van der Waals surface area contributed by atoms with Gasteiger partial charge in [0.15, 0.2) is 15.6 Å². The van der Waals surface area contributed by atoms with Crippen molar-refractivity contribution in [1.82, 2.24) is 10.3 Å². The number of hydrogen-bond acceptors (Lipinski definition) is 5. The molecule has 140 valence electrons. The van der Waals surface area contributed by atoms with Crippen LogP contribution in [-0.4, -0.2) is 23.3 Å². The Morgan fingerprint density at radius 2 is 1.96 bits per heavy atom. The first-order chi connectivity index (χ1) is 13.0. The van der Waals surface area contributed by atoms with Crippen molar-refractivity contribution in [3.8, 4) is 11.3 Å². The number of carbonyl (C=O) groups excluding carboxylic acids is 2. The van der Waals surface area contributed by atoms with Gasteiger partial charge in [-0.25, -0.2) is 4.98 Å². The second kappa shape index (κ2) is 8.96. The molecule has 3 aromatic rings. The molecule has 0 spiro atoms. The highest BCUT2D eigenvalue weighted by atomic mass is 79.9. The normalized spacial score (nSPS) is 10.6. The van der Waals surface area contributed by atoms with Crippen LogP contribution < -0.4 is 10.6 Å². The second-order valence-electron chi connectivity index (χ2n) is 5.88. The maximum atomic E-state index is 12.1. The summed E-state index contributed by atoms with van der Waals surface area (Å²) >= 11 is 4.54. The molecule has 0 saturated heterocycles. The van der Waals surface area contributed by atoms with Gasteiger partial charge in [0.2, 0.25) is 5.91 Å².